The molecule has 67 heavy (non-hydrogen) atoms. The van der Waals surface area contributed by atoms with Crippen LogP contribution in [0.25, 0.3) is 44.1 Å². The van der Waals surface area contributed by atoms with E-state index in [9.17, 15) is 13.0 Å². The zero-order valence-electron chi connectivity index (χ0n) is 38.0. The molecule has 0 saturated carbocycles. The maximum Gasteiger partial charge on any atom is 0.267 e. The quantitative estimate of drug-likeness (QED) is 0.0949. The summed E-state index contributed by atoms with van der Waals surface area (Å²) in [5, 5.41) is 1.16. The number of nitrogens with zero attached hydrogens (tertiary/aromatic N) is 3. The van der Waals surface area contributed by atoms with Crippen LogP contribution in [-0.2, 0) is 16.7 Å². The Kier molecular flexibility index (Phi) is 12.6. The minimum Gasteiger partial charge on any atom is -0.497 e. The Balaban J connectivity index is 1.09. The van der Waals surface area contributed by atoms with E-state index in [-0.39, 0.29) is 6.42 Å². The van der Waals surface area contributed by atoms with Gasteiger partial charge in [0.25, 0.3) is 10.1 Å². The van der Waals surface area contributed by atoms with Crippen molar-refractivity contribution in [3.05, 3.63) is 182 Å². The molecule has 1 atom stereocenters. The van der Waals surface area contributed by atoms with Crippen LogP contribution >= 0.6 is 0 Å². The summed E-state index contributed by atoms with van der Waals surface area (Å²) in [4.78, 5) is 4.38. The van der Waals surface area contributed by atoms with E-state index in [1.165, 1.54) is 0 Å². The van der Waals surface area contributed by atoms with Crippen LogP contribution < -0.4 is 28.7 Å². The van der Waals surface area contributed by atoms with Gasteiger partial charge in [-0.2, -0.15) is 8.42 Å². The number of aryl methyl sites for hydroxylation is 1. The fraction of sp³-hybridized carbons (Fsp3) is 0.143. The van der Waals surface area contributed by atoms with Gasteiger partial charge in [-0.3, -0.25) is 4.55 Å². The van der Waals surface area contributed by atoms with Gasteiger partial charge in [-0.25, -0.2) is 0 Å². The van der Waals surface area contributed by atoms with E-state index >= 15 is 0 Å². The van der Waals surface area contributed by atoms with Crippen LogP contribution in [0.15, 0.2) is 182 Å². The number of ether oxygens (including phenoxy) is 4. The summed E-state index contributed by atoms with van der Waals surface area (Å²) in [6.45, 7) is 1.95. The highest BCUT2D eigenvalue weighted by atomic mass is 32.2. The number of methoxy groups -OCH3 is 4. The second-order valence-electron chi connectivity index (χ2n) is 16.3. The molecule has 0 saturated heterocycles. The molecule has 0 bridgehead atoms. The van der Waals surface area contributed by atoms with Gasteiger partial charge in [0.2, 0.25) is 0 Å². The van der Waals surface area contributed by atoms with Gasteiger partial charge in [-0.1, -0.05) is 36.4 Å². The molecule has 0 aliphatic rings. The molecule has 1 N–H and O–H groups in total. The molecule has 9 aromatic rings. The molecule has 0 aliphatic carbocycles. The van der Waals surface area contributed by atoms with E-state index in [4.69, 9.17) is 18.9 Å². The first-order valence-corrected chi connectivity index (χ1v) is 23.4. The zero-order chi connectivity index (χ0) is 46.7. The number of hydrogen-bond donors (Lipinski definition) is 1. The first-order chi connectivity index (χ1) is 32.5. The van der Waals surface area contributed by atoms with Crippen molar-refractivity contribution in [2.75, 3.05) is 38.2 Å². The second kappa shape index (κ2) is 19.0. The Labute approximate surface area is 391 Å². The topological polar surface area (TPSA) is 103 Å². The molecule has 338 valence electrons. The van der Waals surface area contributed by atoms with Crippen LogP contribution in [0.5, 0.6) is 23.0 Å². The molecule has 0 fully saturated rings. The van der Waals surface area contributed by atoms with Crippen LogP contribution in [-0.4, -0.2) is 51.2 Å². The summed E-state index contributed by atoms with van der Waals surface area (Å²) < 4.78 is 58.0. The highest BCUT2D eigenvalue weighted by Crippen LogP contribution is 2.41. The lowest BCUT2D eigenvalue weighted by Crippen LogP contribution is -2.18. The van der Waals surface area contributed by atoms with Crippen LogP contribution in [0.1, 0.15) is 13.3 Å². The molecule has 0 spiro atoms. The maximum atomic E-state index is 12.1. The third kappa shape index (κ3) is 9.24. The standard InChI is InChI=1S/C56H51N3O7S/c1-38(67(60,61)62)34-35-57-55-32-10-41(39-6-12-43(13-7-39)58(45-16-24-49(63-2)25-17-45)46-18-26-50(64-3)27-19-46)36-53(55)54-37-42(11-33-56(54)57)40-8-14-44(15-9-40)59(47-20-28-51(65-4)29-21-47)48-22-30-52(66-5)31-23-48/h6-33,36-38H,34-35H2,1-5H3,(H,60,61,62). The van der Waals surface area contributed by atoms with Gasteiger partial charge in [0.05, 0.1) is 33.7 Å². The number of anilines is 6. The number of rotatable bonds is 16. The second-order valence-corrected chi connectivity index (χ2v) is 18.1. The molecular weight excluding hydrogens is 859 g/mol. The monoisotopic (exact) mass is 909 g/mol. The summed E-state index contributed by atoms with van der Waals surface area (Å²) >= 11 is 0. The molecule has 8 aromatic carbocycles. The zero-order valence-corrected chi connectivity index (χ0v) is 38.8. The van der Waals surface area contributed by atoms with Crippen molar-refractivity contribution >= 4 is 66.0 Å². The van der Waals surface area contributed by atoms with Gasteiger partial charge in [0.1, 0.15) is 23.0 Å². The molecule has 1 aromatic heterocycles. The molecule has 11 heteroatoms. The van der Waals surface area contributed by atoms with E-state index in [0.29, 0.717) is 6.54 Å². The van der Waals surface area contributed by atoms with Gasteiger partial charge in [0, 0.05) is 62.5 Å². The highest BCUT2D eigenvalue weighted by molar-refractivity contribution is 7.86. The van der Waals surface area contributed by atoms with Crippen LogP contribution in [0.3, 0.4) is 0 Å². The highest BCUT2D eigenvalue weighted by Gasteiger charge is 2.21. The largest absolute Gasteiger partial charge is 0.497 e. The van der Waals surface area contributed by atoms with Crippen molar-refractivity contribution in [3.8, 4) is 45.3 Å². The normalized spacial score (nSPS) is 11.9. The van der Waals surface area contributed by atoms with E-state index in [1.807, 2.05) is 97.1 Å². The molecule has 1 heterocycles. The maximum absolute atomic E-state index is 12.1. The number of hydrogen-bond acceptors (Lipinski definition) is 8. The Morgan fingerprint density at radius 3 is 0.970 bits per heavy atom. The number of aromatic nitrogens is 1. The van der Waals surface area contributed by atoms with Gasteiger partial charge in [-0.15, -0.1) is 0 Å². The Hall–Kier alpha value is -7.73. The number of fused-ring (bicyclic) bond motifs is 3. The van der Waals surface area contributed by atoms with Gasteiger partial charge < -0.3 is 33.3 Å². The van der Waals surface area contributed by atoms with Crippen molar-refractivity contribution in [1.82, 2.24) is 4.57 Å². The van der Waals surface area contributed by atoms with Crippen molar-refractivity contribution in [3.63, 3.8) is 0 Å². The third-order valence-electron chi connectivity index (χ3n) is 12.4. The lowest BCUT2D eigenvalue weighted by atomic mass is 9.99. The summed E-state index contributed by atoms with van der Waals surface area (Å²) in [6, 6.07) is 61.9. The van der Waals surface area contributed by atoms with Gasteiger partial charge >= 0.3 is 0 Å². The SMILES string of the molecule is COc1ccc(N(c2ccc(OC)cc2)c2ccc(-c3ccc4c(c3)c3cc(-c5ccc(N(c6ccc(OC)cc6)c6ccc(OC)cc6)cc5)ccc3n4CCC(C)S(=O)(=O)O)cc2)cc1. The van der Waals surface area contributed by atoms with Crippen molar-refractivity contribution in [2.45, 2.75) is 25.1 Å². The lowest BCUT2D eigenvalue weighted by Gasteiger charge is -2.26. The fourth-order valence-corrected chi connectivity index (χ4v) is 8.99. The van der Waals surface area contributed by atoms with E-state index in [1.54, 1.807) is 35.4 Å². The average Bonchev–Trinajstić information content (AvgIpc) is 3.68. The Morgan fingerprint density at radius 2 is 0.701 bits per heavy atom. The Morgan fingerprint density at radius 1 is 0.433 bits per heavy atom. The third-order valence-corrected chi connectivity index (χ3v) is 13.6. The first kappa shape index (κ1) is 44.5. The minimum absolute atomic E-state index is 0.252. The molecule has 9 rings (SSSR count). The predicted molar refractivity (Wildman–Crippen MR) is 272 cm³/mol. The smallest absolute Gasteiger partial charge is 0.267 e. The Bertz CT molecular complexity index is 2950. The summed E-state index contributed by atoms with van der Waals surface area (Å²) in [5.41, 5.74) is 12.0. The van der Waals surface area contributed by atoms with Crippen molar-refractivity contribution < 1.29 is 31.9 Å². The van der Waals surface area contributed by atoms with Gasteiger partial charge in [-0.05, 0) is 181 Å². The van der Waals surface area contributed by atoms with E-state index in [2.05, 4.69) is 99.3 Å². The average molecular weight is 910 g/mol. The molecule has 10 nitrogen and oxygen atoms in total. The molecule has 1 unspecified atom stereocenters. The van der Waals surface area contributed by atoms with E-state index < -0.39 is 15.4 Å². The van der Waals surface area contributed by atoms with Crippen LogP contribution in [0, 0.1) is 0 Å². The minimum atomic E-state index is -4.19. The predicted octanol–water partition coefficient (Wildman–Crippen LogP) is 13.8. The summed E-state index contributed by atoms with van der Waals surface area (Å²) in [6.07, 6.45) is 0.252. The lowest BCUT2D eigenvalue weighted by molar-refractivity contribution is 0.414. The van der Waals surface area contributed by atoms with Crippen LogP contribution in [0.4, 0.5) is 34.1 Å². The number of benzene rings is 8. The fourth-order valence-electron chi connectivity index (χ4n) is 8.59. The van der Waals surface area contributed by atoms with E-state index in [0.717, 1.165) is 101 Å². The molecule has 0 radical (unpaired) electrons. The summed E-state index contributed by atoms with van der Waals surface area (Å²) in [5.74, 6) is 3.12. The van der Waals surface area contributed by atoms with Gasteiger partial charge in [0.15, 0.2) is 0 Å². The summed E-state index contributed by atoms with van der Waals surface area (Å²) in [7, 11) is 2.45. The first-order valence-electron chi connectivity index (χ1n) is 21.9. The molecule has 0 amide bonds. The molecular formula is C56H51N3O7S. The van der Waals surface area contributed by atoms with Crippen molar-refractivity contribution in [2.24, 2.45) is 0 Å². The molecule has 0 aliphatic heterocycles. The van der Waals surface area contributed by atoms with Crippen molar-refractivity contribution in [1.29, 1.82) is 0 Å². The van der Waals surface area contributed by atoms with Crippen LogP contribution in [0.2, 0.25) is 0 Å².